The van der Waals surface area contributed by atoms with Gasteiger partial charge in [-0.05, 0) is 6.42 Å². The van der Waals surface area contributed by atoms with E-state index in [1.54, 1.807) is 0 Å². The monoisotopic (exact) mass is 330 g/mol. The topological polar surface area (TPSA) is 66.8 Å². The molecule has 2 N–H and O–H groups in total. The van der Waals surface area contributed by atoms with Crippen molar-refractivity contribution in [3.8, 4) is 0 Å². The molecule has 0 bridgehead atoms. The summed E-state index contributed by atoms with van der Waals surface area (Å²) in [6.45, 7) is 3.38. The molecule has 0 aromatic rings. The van der Waals surface area contributed by atoms with E-state index >= 15 is 0 Å². The quantitative estimate of drug-likeness (QED) is 0.451. The lowest BCUT2D eigenvalue weighted by Gasteiger charge is -2.46. The number of carboxylic acid groups (broad SMARTS) is 1. The summed E-state index contributed by atoms with van der Waals surface area (Å²) < 4.78 is 6.34. The van der Waals surface area contributed by atoms with Crippen LogP contribution in [0.5, 0.6) is 0 Å². The van der Waals surface area contributed by atoms with Gasteiger partial charge in [0.05, 0.1) is 20.5 Å². The van der Waals surface area contributed by atoms with E-state index < -0.39 is 17.9 Å². The molecule has 2 atom stereocenters. The maximum Gasteiger partial charge on any atom is 0.306 e. The van der Waals surface area contributed by atoms with Crippen molar-refractivity contribution in [2.75, 3.05) is 27.2 Å². The standard InChI is InChI=1S/C18H35NO4/c1-4-5-6-7-8-9-10-11-12-18(22)15-19(2,3)14-16(23-18)13-17(20)21/h16,22H,4-15H2,1-3H3/p+1/t16-,18-/m1/s1. The second-order valence-electron chi connectivity index (χ2n) is 7.79. The van der Waals surface area contributed by atoms with Crippen molar-refractivity contribution in [3.05, 3.63) is 0 Å². The number of carbonyl (C=O) groups is 1. The lowest BCUT2D eigenvalue weighted by Crippen LogP contribution is -2.62. The third-order valence-corrected chi connectivity index (χ3v) is 4.58. The summed E-state index contributed by atoms with van der Waals surface area (Å²) >= 11 is 0. The normalized spacial score (nSPS) is 27.0. The summed E-state index contributed by atoms with van der Waals surface area (Å²) in [5.74, 6) is -2.05. The van der Waals surface area contributed by atoms with Gasteiger partial charge in [-0.1, -0.05) is 51.9 Å². The zero-order valence-corrected chi connectivity index (χ0v) is 15.2. The van der Waals surface area contributed by atoms with Gasteiger partial charge in [0.15, 0.2) is 0 Å². The van der Waals surface area contributed by atoms with Crippen LogP contribution in [0.2, 0.25) is 0 Å². The number of hydrogen-bond acceptors (Lipinski definition) is 3. The van der Waals surface area contributed by atoms with Crippen LogP contribution in [0.25, 0.3) is 0 Å². The van der Waals surface area contributed by atoms with Gasteiger partial charge in [-0.25, -0.2) is 0 Å². The molecule has 5 nitrogen and oxygen atoms in total. The molecular formula is C18H36NO4+. The largest absolute Gasteiger partial charge is 0.481 e. The Balaban J connectivity index is 2.31. The van der Waals surface area contributed by atoms with Crippen molar-refractivity contribution in [1.82, 2.24) is 0 Å². The predicted octanol–water partition coefficient (Wildman–Crippen LogP) is 3.16. The van der Waals surface area contributed by atoms with Gasteiger partial charge in [-0.15, -0.1) is 0 Å². The Hall–Kier alpha value is -0.650. The van der Waals surface area contributed by atoms with Gasteiger partial charge in [0.1, 0.15) is 19.2 Å². The highest BCUT2D eigenvalue weighted by Crippen LogP contribution is 2.29. The lowest BCUT2D eigenvalue weighted by atomic mass is 10.0. The number of aliphatic hydroxyl groups is 1. The van der Waals surface area contributed by atoms with Crippen LogP contribution in [0.4, 0.5) is 0 Å². The number of unbranched alkanes of at least 4 members (excludes halogenated alkanes) is 7. The number of ether oxygens (including phenoxy) is 1. The average Bonchev–Trinajstić information content (AvgIpc) is 2.38. The molecule has 1 saturated heterocycles. The van der Waals surface area contributed by atoms with Gasteiger partial charge in [0.2, 0.25) is 5.79 Å². The van der Waals surface area contributed by atoms with Gasteiger partial charge in [0.25, 0.3) is 0 Å². The predicted molar refractivity (Wildman–Crippen MR) is 91.1 cm³/mol. The zero-order chi connectivity index (χ0) is 17.3. The van der Waals surface area contributed by atoms with Crippen LogP contribution in [0.15, 0.2) is 0 Å². The van der Waals surface area contributed by atoms with Crippen LogP contribution in [0.1, 0.15) is 71.1 Å². The van der Waals surface area contributed by atoms with Crippen molar-refractivity contribution in [2.24, 2.45) is 0 Å². The number of hydrogen-bond donors (Lipinski definition) is 2. The second-order valence-corrected chi connectivity index (χ2v) is 7.79. The Morgan fingerprint density at radius 1 is 1.13 bits per heavy atom. The maximum atomic E-state index is 10.9. The van der Waals surface area contributed by atoms with Crippen molar-refractivity contribution in [3.63, 3.8) is 0 Å². The Morgan fingerprint density at radius 3 is 2.26 bits per heavy atom. The number of rotatable bonds is 11. The van der Waals surface area contributed by atoms with E-state index in [9.17, 15) is 9.90 Å². The van der Waals surface area contributed by atoms with Gasteiger partial charge in [-0.3, -0.25) is 4.79 Å². The molecule has 0 unspecified atom stereocenters. The molecule has 136 valence electrons. The van der Waals surface area contributed by atoms with Crippen LogP contribution < -0.4 is 0 Å². The third kappa shape index (κ3) is 8.68. The van der Waals surface area contributed by atoms with E-state index in [1.165, 1.54) is 38.5 Å². The number of carboxylic acids is 1. The minimum atomic E-state index is -1.18. The smallest absolute Gasteiger partial charge is 0.306 e. The molecule has 0 aromatic heterocycles. The Labute approximate surface area is 141 Å². The first kappa shape index (κ1) is 20.4. The number of morpholine rings is 1. The van der Waals surface area contributed by atoms with Crippen molar-refractivity contribution in [1.29, 1.82) is 0 Å². The first-order valence-corrected chi connectivity index (χ1v) is 9.20. The van der Waals surface area contributed by atoms with Gasteiger partial charge >= 0.3 is 5.97 Å². The molecule has 23 heavy (non-hydrogen) atoms. The molecular weight excluding hydrogens is 294 g/mol. The third-order valence-electron chi connectivity index (χ3n) is 4.58. The summed E-state index contributed by atoms with van der Waals surface area (Å²) in [5.41, 5.74) is 0. The Morgan fingerprint density at radius 2 is 1.70 bits per heavy atom. The molecule has 0 spiro atoms. The fourth-order valence-electron chi connectivity index (χ4n) is 3.64. The van der Waals surface area contributed by atoms with Crippen LogP contribution in [-0.4, -0.2) is 59.7 Å². The Kier molecular flexibility index (Phi) is 8.51. The minimum Gasteiger partial charge on any atom is -0.481 e. The van der Waals surface area contributed by atoms with Crippen LogP contribution in [0, 0.1) is 0 Å². The van der Waals surface area contributed by atoms with Crippen molar-refractivity contribution < 1.29 is 24.2 Å². The summed E-state index contributed by atoms with van der Waals surface area (Å²) in [6, 6.07) is 0. The molecule has 1 fully saturated rings. The van der Waals surface area contributed by atoms with Crippen LogP contribution >= 0.6 is 0 Å². The summed E-state index contributed by atoms with van der Waals surface area (Å²) in [7, 11) is 4.05. The van der Waals surface area contributed by atoms with E-state index in [0.29, 0.717) is 24.0 Å². The highest BCUT2D eigenvalue weighted by Gasteiger charge is 2.45. The fourth-order valence-corrected chi connectivity index (χ4v) is 3.64. The molecule has 0 saturated carbocycles. The van der Waals surface area contributed by atoms with E-state index in [4.69, 9.17) is 9.84 Å². The zero-order valence-electron chi connectivity index (χ0n) is 15.2. The number of nitrogens with zero attached hydrogens (tertiary/aromatic N) is 1. The molecule has 0 aromatic carbocycles. The number of aliphatic carboxylic acids is 1. The average molecular weight is 330 g/mol. The van der Waals surface area contributed by atoms with Crippen LogP contribution in [0.3, 0.4) is 0 Å². The maximum absolute atomic E-state index is 10.9. The van der Waals surface area contributed by atoms with Gasteiger partial charge in [0, 0.05) is 6.42 Å². The van der Waals surface area contributed by atoms with E-state index in [0.717, 1.165) is 12.8 Å². The molecule has 1 rings (SSSR count). The molecule has 1 aliphatic heterocycles. The number of likely N-dealkylation sites (N-methyl/N-ethyl adjacent to an activating group) is 1. The van der Waals surface area contributed by atoms with Crippen molar-refractivity contribution >= 4 is 5.97 Å². The molecule has 0 aliphatic carbocycles. The van der Waals surface area contributed by atoms with Gasteiger partial charge in [-0.2, -0.15) is 0 Å². The lowest BCUT2D eigenvalue weighted by molar-refractivity contribution is -0.915. The summed E-state index contributed by atoms with van der Waals surface area (Å²) in [5, 5.41) is 19.7. The molecule has 1 heterocycles. The number of quaternary nitrogens is 1. The highest BCUT2D eigenvalue weighted by molar-refractivity contribution is 5.67. The summed E-state index contributed by atoms with van der Waals surface area (Å²) in [6.07, 6.45) is 9.89. The van der Waals surface area contributed by atoms with E-state index in [1.807, 2.05) is 14.1 Å². The Bertz CT molecular complexity index is 359. The summed E-state index contributed by atoms with van der Waals surface area (Å²) in [4.78, 5) is 10.9. The van der Waals surface area contributed by atoms with Gasteiger partial charge < -0.3 is 19.4 Å². The molecule has 0 radical (unpaired) electrons. The van der Waals surface area contributed by atoms with E-state index in [2.05, 4.69) is 6.92 Å². The molecule has 5 heteroatoms. The first-order valence-electron chi connectivity index (χ1n) is 9.20. The van der Waals surface area contributed by atoms with Crippen LogP contribution in [-0.2, 0) is 9.53 Å². The van der Waals surface area contributed by atoms with E-state index in [-0.39, 0.29) is 6.42 Å². The minimum absolute atomic E-state index is 0.0403. The first-order chi connectivity index (χ1) is 10.8. The van der Waals surface area contributed by atoms with Crippen molar-refractivity contribution in [2.45, 2.75) is 83.0 Å². The fraction of sp³-hybridized carbons (Fsp3) is 0.944. The highest BCUT2D eigenvalue weighted by atomic mass is 16.6. The molecule has 1 aliphatic rings. The SMILES string of the molecule is CCCCCCCCCC[C@]1(O)C[N+](C)(C)C[C@@H](CC(=O)O)O1. The second kappa shape index (κ2) is 9.60. The molecule has 0 amide bonds.